The minimum Gasteiger partial charge on any atom is -0.497 e. The molecule has 0 radical (unpaired) electrons. The Hall–Kier alpha value is -2.04. The molecule has 1 aliphatic heterocycles. The summed E-state index contributed by atoms with van der Waals surface area (Å²) in [4.78, 5) is 27.6. The number of hydrogen-bond acceptors (Lipinski definition) is 3. The molecule has 0 saturated carbocycles. The van der Waals surface area contributed by atoms with E-state index in [0.717, 1.165) is 25.9 Å². The maximum Gasteiger partial charge on any atom is 0.242 e. The van der Waals surface area contributed by atoms with Crippen molar-refractivity contribution in [1.82, 2.24) is 4.90 Å². The van der Waals surface area contributed by atoms with Crippen molar-refractivity contribution in [3.05, 3.63) is 24.3 Å². The maximum absolute atomic E-state index is 12.3. The summed E-state index contributed by atoms with van der Waals surface area (Å²) in [6.07, 6.45) is 3.27. The van der Waals surface area contributed by atoms with E-state index in [2.05, 4.69) is 0 Å². The molecule has 21 heavy (non-hydrogen) atoms. The van der Waals surface area contributed by atoms with Crippen LogP contribution in [0.3, 0.4) is 0 Å². The van der Waals surface area contributed by atoms with Crippen LogP contribution in [-0.4, -0.2) is 43.5 Å². The van der Waals surface area contributed by atoms with E-state index in [1.807, 2.05) is 23.1 Å². The van der Waals surface area contributed by atoms with Gasteiger partial charge in [0.25, 0.3) is 0 Å². The molecule has 0 bridgehead atoms. The fraction of sp³-hybridized carbons (Fsp3) is 0.500. The number of methoxy groups -OCH3 is 1. The standard InChI is InChI=1S/C16H22N2O3/c1-13(19)18(14-7-6-8-15(11-14)21-2)12-16(20)17-9-4-3-5-10-17/h6-8,11H,3-5,9-10,12H2,1-2H3. The SMILES string of the molecule is COc1cccc(N(CC(=O)N2CCCCC2)C(C)=O)c1. The van der Waals surface area contributed by atoms with Crippen molar-refractivity contribution in [2.24, 2.45) is 0 Å². The smallest absolute Gasteiger partial charge is 0.242 e. The van der Waals surface area contributed by atoms with Gasteiger partial charge in [0.15, 0.2) is 0 Å². The van der Waals surface area contributed by atoms with Crippen molar-refractivity contribution in [2.75, 3.05) is 31.6 Å². The second kappa shape index (κ2) is 7.11. The van der Waals surface area contributed by atoms with Gasteiger partial charge in [-0.15, -0.1) is 0 Å². The summed E-state index contributed by atoms with van der Waals surface area (Å²) in [5.74, 6) is 0.533. The number of amides is 2. The normalized spacial score (nSPS) is 14.7. The summed E-state index contributed by atoms with van der Waals surface area (Å²) in [5.41, 5.74) is 0.687. The first-order valence-corrected chi connectivity index (χ1v) is 7.32. The Morgan fingerprint density at radius 3 is 2.57 bits per heavy atom. The number of likely N-dealkylation sites (tertiary alicyclic amines) is 1. The number of hydrogen-bond donors (Lipinski definition) is 0. The van der Waals surface area contributed by atoms with Crippen LogP contribution in [0.4, 0.5) is 5.69 Å². The van der Waals surface area contributed by atoms with Gasteiger partial charge in [-0.05, 0) is 31.4 Å². The van der Waals surface area contributed by atoms with Crippen LogP contribution in [0.5, 0.6) is 5.75 Å². The number of ether oxygens (including phenoxy) is 1. The number of rotatable bonds is 4. The molecular formula is C16H22N2O3. The molecule has 1 aromatic rings. The molecule has 5 heteroatoms. The van der Waals surface area contributed by atoms with E-state index >= 15 is 0 Å². The molecule has 0 N–H and O–H groups in total. The van der Waals surface area contributed by atoms with E-state index < -0.39 is 0 Å². The monoisotopic (exact) mass is 290 g/mol. The molecule has 1 heterocycles. The Kier molecular flexibility index (Phi) is 5.20. The van der Waals surface area contributed by atoms with Crippen LogP contribution in [0.25, 0.3) is 0 Å². The first kappa shape index (κ1) is 15.4. The Balaban J connectivity index is 2.11. The molecule has 0 aliphatic carbocycles. The van der Waals surface area contributed by atoms with Crippen molar-refractivity contribution < 1.29 is 14.3 Å². The Morgan fingerprint density at radius 1 is 1.24 bits per heavy atom. The van der Waals surface area contributed by atoms with Crippen LogP contribution < -0.4 is 9.64 Å². The van der Waals surface area contributed by atoms with Gasteiger partial charge in [0.1, 0.15) is 12.3 Å². The minimum atomic E-state index is -0.145. The van der Waals surface area contributed by atoms with Crippen LogP contribution in [-0.2, 0) is 9.59 Å². The third kappa shape index (κ3) is 3.97. The van der Waals surface area contributed by atoms with Crippen molar-refractivity contribution in [3.63, 3.8) is 0 Å². The summed E-state index contributed by atoms with van der Waals surface area (Å²) in [5, 5.41) is 0. The number of anilines is 1. The molecule has 114 valence electrons. The molecule has 5 nitrogen and oxygen atoms in total. The van der Waals surface area contributed by atoms with Gasteiger partial charge in [0.05, 0.1) is 7.11 Å². The van der Waals surface area contributed by atoms with Gasteiger partial charge in [-0.2, -0.15) is 0 Å². The zero-order valence-corrected chi connectivity index (χ0v) is 12.7. The highest BCUT2D eigenvalue weighted by atomic mass is 16.5. The topological polar surface area (TPSA) is 49.9 Å². The lowest BCUT2D eigenvalue weighted by Gasteiger charge is -2.29. The van der Waals surface area contributed by atoms with E-state index in [4.69, 9.17) is 4.74 Å². The van der Waals surface area contributed by atoms with Gasteiger partial charge in [0, 0.05) is 31.8 Å². The van der Waals surface area contributed by atoms with Gasteiger partial charge >= 0.3 is 0 Å². The van der Waals surface area contributed by atoms with Crippen molar-refractivity contribution >= 4 is 17.5 Å². The average Bonchev–Trinajstić information content (AvgIpc) is 2.53. The number of nitrogens with zero attached hydrogens (tertiary/aromatic N) is 2. The highest BCUT2D eigenvalue weighted by Crippen LogP contribution is 2.21. The fourth-order valence-electron chi connectivity index (χ4n) is 2.54. The maximum atomic E-state index is 12.3. The van der Waals surface area contributed by atoms with Crippen molar-refractivity contribution in [3.8, 4) is 5.75 Å². The Bertz CT molecular complexity index is 510. The molecule has 1 saturated heterocycles. The van der Waals surface area contributed by atoms with Gasteiger partial charge in [-0.1, -0.05) is 6.07 Å². The van der Waals surface area contributed by atoms with E-state index in [1.54, 1.807) is 13.2 Å². The van der Waals surface area contributed by atoms with Crippen LogP contribution >= 0.6 is 0 Å². The molecular weight excluding hydrogens is 268 g/mol. The van der Waals surface area contributed by atoms with Crippen molar-refractivity contribution in [2.45, 2.75) is 26.2 Å². The second-order valence-electron chi connectivity index (χ2n) is 5.25. The van der Waals surface area contributed by atoms with Gasteiger partial charge in [0.2, 0.25) is 11.8 Å². The predicted octanol–water partition coefficient (Wildman–Crippen LogP) is 2.06. The zero-order valence-electron chi connectivity index (χ0n) is 12.7. The van der Waals surface area contributed by atoms with Crippen LogP contribution in [0, 0.1) is 0 Å². The van der Waals surface area contributed by atoms with Gasteiger partial charge in [-0.25, -0.2) is 0 Å². The highest BCUT2D eigenvalue weighted by molar-refractivity contribution is 5.97. The molecule has 1 aliphatic rings. The van der Waals surface area contributed by atoms with E-state index in [1.165, 1.54) is 18.2 Å². The summed E-state index contributed by atoms with van der Waals surface area (Å²) >= 11 is 0. The Morgan fingerprint density at radius 2 is 1.95 bits per heavy atom. The van der Waals surface area contributed by atoms with Crippen LogP contribution in [0.2, 0.25) is 0 Å². The quantitative estimate of drug-likeness (QED) is 0.853. The molecule has 0 aromatic heterocycles. The largest absolute Gasteiger partial charge is 0.497 e. The molecule has 0 spiro atoms. The molecule has 2 rings (SSSR count). The van der Waals surface area contributed by atoms with Crippen molar-refractivity contribution in [1.29, 1.82) is 0 Å². The zero-order chi connectivity index (χ0) is 15.2. The first-order chi connectivity index (χ1) is 10.1. The second-order valence-corrected chi connectivity index (χ2v) is 5.25. The lowest BCUT2D eigenvalue weighted by molar-refractivity contribution is -0.132. The van der Waals surface area contributed by atoms with E-state index in [9.17, 15) is 9.59 Å². The molecule has 0 atom stereocenters. The predicted molar refractivity (Wildman–Crippen MR) is 81.5 cm³/mol. The van der Waals surface area contributed by atoms with Crippen LogP contribution in [0.1, 0.15) is 26.2 Å². The fourth-order valence-corrected chi connectivity index (χ4v) is 2.54. The summed E-state index contributed by atoms with van der Waals surface area (Å²) in [6.45, 7) is 3.15. The lowest BCUT2D eigenvalue weighted by atomic mass is 10.1. The third-order valence-electron chi connectivity index (χ3n) is 3.75. The number of carbonyl (C=O) groups excluding carboxylic acids is 2. The minimum absolute atomic E-state index is 0.00715. The molecule has 1 fully saturated rings. The summed E-state index contributed by atoms with van der Waals surface area (Å²) in [7, 11) is 1.58. The number of carbonyl (C=O) groups is 2. The average molecular weight is 290 g/mol. The number of benzene rings is 1. The number of piperidine rings is 1. The molecule has 0 unspecified atom stereocenters. The van der Waals surface area contributed by atoms with Gasteiger partial charge < -0.3 is 14.5 Å². The third-order valence-corrected chi connectivity index (χ3v) is 3.75. The first-order valence-electron chi connectivity index (χ1n) is 7.32. The molecule has 1 aromatic carbocycles. The molecule has 2 amide bonds. The lowest BCUT2D eigenvalue weighted by Crippen LogP contribution is -2.44. The van der Waals surface area contributed by atoms with Crippen LogP contribution in [0.15, 0.2) is 24.3 Å². The summed E-state index contributed by atoms with van der Waals surface area (Å²) < 4.78 is 5.17. The van der Waals surface area contributed by atoms with E-state index in [-0.39, 0.29) is 18.4 Å². The summed E-state index contributed by atoms with van der Waals surface area (Å²) in [6, 6.07) is 7.21. The highest BCUT2D eigenvalue weighted by Gasteiger charge is 2.22. The van der Waals surface area contributed by atoms with E-state index in [0.29, 0.717) is 11.4 Å². The Labute approximate surface area is 125 Å². The van der Waals surface area contributed by atoms with Gasteiger partial charge in [-0.3, -0.25) is 9.59 Å².